The summed E-state index contributed by atoms with van der Waals surface area (Å²) in [6.07, 6.45) is -7.06. The van der Waals surface area contributed by atoms with Crippen molar-refractivity contribution in [3.63, 3.8) is 0 Å². The number of carbonyl (C=O) groups is 2. The summed E-state index contributed by atoms with van der Waals surface area (Å²) in [7, 11) is -5.33. The molecule has 4 rings (SSSR count). The normalized spacial score (nSPS) is 25.1. The number of ether oxygens (including phenoxy) is 7. The Morgan fingerprint density at radius 2 is 1.05 bits per heavy atom. The fourth-order valence-electron chi connectivity index (χ4n) is 8.46. The molecular weight excluding hydrogens is 817 g/mol. The molecule has 2 aliphatic rings. The molecule has 2 aromatic carbocycles. The Morgan fingerprint density at radius 3 is 1.53 bits per heavy atom. The molecule has 0 aliphatic carbocycles. The molecule has 2 fully saturated rings. The highest BCUT2D eigenvalue weighted by Crippen LogP contribution is 2.38. The van der Waals surface area contributed by atoms with Crippen molar-refractivity contribution in [1.82, 2.24) is 0 Å². The van der Waals surface area contributed by atoms with Crippen molar-refractivity contribution >= 4 is 36.9 Å². The van der Waals surface area contributed by atoms with E-state index in [0.717, 1.165) is 60.0 Å². The van der Waals surface area contributed by atoms with Gasteiger partial charge in [0.05, 0.1) is 44.7 Å². The van der Waals surface area contributed by atoms with Gasteiger partial charge in [0.1, 0.15) is 18.0 Å². The third-order valence-corrected chi connectivity index (χ3v) is 27.1. The first kappa shape index (κ1) is 50.2. The fraction of sp³-hybridized carbons (Fsp3) is 0.689. The Kier molecular flexibility index (Phi) is 19.9. The van der Waals surface area contributed by atoms with E-state index < -0.39 is 86.1 Å². The Morgan fingerprint density at radius 1 is 0.583 bits per heavy atom. The molecule has 2 aliphatic heterocycles. The van der Waals surface area contributed by atoms with Crippen LogP contribution in [0.25, 0.3) is 0 Å². The second-order valence-electron chi connectivity index (χ2n) is 16.1. The molecule has 0 spiro atoms. The smallest absolute Gasteiger partial charge is 0.338 e. The molecule has 338 valence electrons. The summed E-state index contributed by atoms with van der Waals surface area (Å²) >= 11 is 0. The maximum absolute atomic E-state index is 14.3. The second-order valence-corrected chi connectivity index (χ2v) is 30.3. The van der Waals surface area contributed by atoms with Crippen molar-refractivity contribution in [3.05, 3.63) is 65.7 Å². The highest BCUT2D eigenvalue weighted by atomic mass is 28.4. The van der Waals surface area contributed by atoms with Crippen LogP contribution < -0.4 is 4.74 Å². The lowest BCUT2D eigenvalue weighted by atomic mass is 10.0. The molecule has 2 aromatic rings. The van der Waals surface area contributed by atoms with Gasteiger partial charge < -0.3 is 46.4 Å². The van der Waals surface area contributed by atoms with Crippen molar-refractivity contribution in [3.8, 4) is 5.75 Å². The van der Waals surface area contributed by atoms with Gasteiger partial charge in [-0.25, -0.2) is 4.79 Å². The van der Waals surface area contributed by atoms with Crippen molar-refractivity contribution in [2.45, 2.75) is 179 Å². The van der Waals surface area contributed by atoms with Gasteiger partial charge in [-0.3, -0.25) is 4.79 Å². The van der Waals surface area contributed by atoms with Gasteiger partial charge in [0.25, 0.3) is 0 Å². The zero-order valence-corrected chi connectivity index (χ0v) is 41.2. The molecule has 8 atom stereocenters. The van der Waals surface area contributed by atoms with E-state index in [4.69, 9.17) is 46.4 Å². The fourth-order valence-corrected chi connectivity index (χ4v) is 17.0. The highest BCUT2D eigenvalue weighted by Gasteiger charge is 2.54. The van der Waals surface area contributed by atoms with E-state index in [1.807, 2.05) is 30.3 Å². The number of hydrogen-bond donors (Lipinski definition) is 0. The maximum Gasteiger partial charge on any atom is 0.338 e. The van der Waals surface area contributed by atoms with Gasteiger partial charge in [0.2, 0.25) is 0 Å². The van der Waals surface area contributed by atoms with E-state index in [0.29, 0.717) is 11.3 Å². The Labute approximate surface area is 362 Å². The predicted octanol–water partition coefficient (Wildman–Crippen LogP) is 9.64. The molecular formula is C45H74O12Si3. The van der Waals surface area contributed by atoms with Crippen molar-refractivity contribution in [1.29, 1.82) is 0 Å². The molecule has 15 heteroatoms. The van der Waals surface area contributed by atoms with Gasteiger partial charge in [-0.15, -0.1) is 0 Å². The Hall–Kier alpha value is -2.45. The minimum absolute atomic E-state index is 0.125. The van der Waals surface area contributed by atoms with Gasteiger partial charge in [0, 0.05) is 6.92 Å². The topological polar surface area (TPSA) is 126 Å². The van der Waals surface area contributed by atoms with Crippen LogP contribution in [0.15, 0.2) is 54.6 Å². The molecule has 2 heterocycles. The lowest BCUT2D eigenvalue weighted by Gasteiger charge is -2.50. The average Bonchev–Trinajstić information content (AvgIpc) is 3.28. The minimum Gasteiger partial charge on any atom is -0.497 e. The highest BCUT2D eigenvalue weighted by molar-refractivity contribution is 6.74. The summed E-state index contributed by atoms with van der Waals surface area (Å²) in [5, 5.41) is 0. The first-order valence-electron chi connectivity index (χ1n) is 22.5. The number of hydrogen-bond acceptors (Lipinski definition) is 12. The Balaban J connectivity index is 1.86. The second kappa shape index (κ2) is 23.8. The third kappa shape index (κ3) is 12.6. The van der Waals surface area contributed by atoms with E-state index in [-0.39, 0.29) is 19.8 Å². The summed E-state index contributed by atoms with van der Waals surface area (Å²) < 4.78 is 66.4. The van der Waals surface area contributed by atoms with Crippen LogP contribution in [0, 0.1) is 0 Å². The third-order valence-electron chi connectivity index (χ3n) is 13.2. The van der Waals surface area contributed by atoms with E-state index in [2.05, 4.69) is 62.3 Å². The van der Waals surface area contributed by atoms with Gasteiger partial charge in [-0.2, -0.15) is 0 Å². The quantitative estimate of drug-likeness (QED) is 0.0736. The van der Waals surface area contributed by atoms with Crippen molar-refractivity contribution in [2.75, 3.05) is 20.3 Å². The SMILES string of the molecule is CC[Si](CC)(CC)O[C@@H]1[C@@H](OC(=O)c2ccc(OC)cc2)[C@H](O[C@@H]2[C@@H](OC(C)=O)[C@@H](OCc3ccccc3)OC[C@@H]2O[Si](CC)(CC)CC)OC[C@H]1O[Si](CC)(CC)CC. The summed E-state index contributed by atoms with van der Waals surface area (Å²) in [5.74, 6) is -0.474. The van der Waals surface area contributed by atoms with E-state index >= 15 is 0 Å². The van der Waals surface area contributed by atoms with Gasteiger partial charge >= 0.3 is 11.9 Å². The van der Waals surface area contributed by atoms with Gasteiger partial charge in [-0.05, 0) is 84.2 Å². The van der Waals surface area contributed by atoms with Crippen LogP contribution in [0.2, 0.25) is 54.4 Å². The molecule has 0 bridgehead atoms. The molecule has 60 heavy (non-hydrogen) atoms. The Bertz CT molecular complexity index is 1550. The molecule has 0 N–H and O–H groups in total. The first-order valence-corrected chi connectivity index (χ1v) is 30.1. The van der Waals surface area contributed by atoms with Crippen LogP contribution in [0.4, 0.5) is 0 Å². The van der Waals surface area contributed by atoms with Crippen molar-refractivity contribution in [2.24, 2.45) is 0 Å². The minimum atomic E-state index is -2.38. The molecule has 0 amide bonds. The number of benzene rings is 2. The summed E-state index contributed by atoms with van der Waals surface area (Å²) in [4.78, 5) is 27.3. The monoisotopic (exact) mass is 890 g/mol. The maximum atomic E-state index is 14.3. The summed E-state index contributed by atoms with van der Waals surface area (Å²) in [5.41, 5.74) is 1.27. The lowest BCUT2D eigenvalue weighted by Crippen LogP contribution is -2.65. The number of rotatable bonds is 24. The number of carbonyl (C=O) groups excluding carboxylic acids is 2. The van der Waals surface area contributed by atoms with Crippen LogP contribution in [-0.4, -0.2) is 106 Å². The molecule has 0 aromatic heterocycles. The van der Waals surface area contributed by atoms with E-state index in [1.165, 1.54) is 6.92 Å². The zero-order valence-electron chi connectivity index (χ0n) is 38.2. The van der Waals surface area contributed by atoms with E-state index in [9.17, 15) is 9.59 Å². The van der Waals surface area contributed by atoms with Crippen LogP contribution in [0.3, 0.4) is 0 Å². The predicted molar refractivity (Wildman–Crippen MR) is 240 cm³/mol. The summed E-state index contributed by atoms with van der Waals surface area (Å²) in [6.45, 7) is 21.4. The van der Waals surface area contributed by atoms with Crippen LogP contribution in [0.1, 0.15) is 85.2 Å². The van der Waals surface area contributed by atoms with Crippen LogP contribution in [0.5, 0.6) is 5.75 Å². The average molecular weight is 891 g/mol. The molecule has 2 saturated heterocycles. The standard InChI is InChI=1S/C45H74O12Si3/c1-12-58(13-2,14-3)55-37-31-50-44(49-30-34-24-22-21-23-25-34)41(52-33(10)46)39(37)54-45-42(53-43(47)35-26-28-36(48-11)29-27-35)40(57-60(18-7,19-8)20-9)38(32-51-45)56-59(15-4,16-5)17-6/h21-29,37-42,44-45H,12-20,30-32H2,1-11H3/t37-,38+,39-,40-,41+,42+,44-,45-/m0/s1. The van der Waals surface area contributed by atoms with Gasteiger partial charge in [0.15, 0.2) is 49.7 Å². The first-order chi connectivity index (χ1) is 28.9. The van der Waals surface area contributed by atoms with Gasteiger partial charge in [-0.1, -0.05) is 92.6 Å². The molecule has 0 saturated carbocycles. The van der Waals surface area contributed by atoms with Crippen LogP contribution in [-0.2, 0) is 53.1 Å². The van der Waals surface area contributed by atoms with E-state index in [1.54, 1.807) is 31.4 Å². The van der Waals surface area contributed by atoms with Crippen molar-refractivity contribution < 1.29 is 56.0 Å². The van der Waals surface area contributed by atoms with Crippen LogP contribution >= 0.6 is 0 Å². The summed E-state index contributed by atoms with van der Waals surface area (Å²) in [6, 6.07) is 24.6. The number of esters is 2. The lowest BCUT2D eigenvalue weighted by molar-refractivity contribution is -0.332. The molecule has 0 unspecified atom stereocenters. The molecule has 0 radical (unpaired) electrons. The number of methoxy groups -OCH3 is 1. The largest absolute Gasteiger partial charge is 0.497 e. The zero-order chi connectivity index (χ0) is 43.9. The molecule has 12 nitrogen and oxygen atoms in total.